The van der Waals surface area contributed by atoms with E-state index in [1.807, 2.05) is 0 Å². The smallest absolute Gasteiger partial charge is 0.394 e. The van der Waals surface area contributed by atoms with Crippen molar-refractivity contribution in [1.82, 2.24) is 0 Å². The van der Waals surface area contributed by atoms with Crippen molar-refractivity contribution in [3.05, 3.63) is 33.8 Å². The molecule has 0 unspecified atom stereocenters. The van der Waals surface area contributed by atoms with Gasteiger partial charge in [0, 0.05) is 4.47 Å². The Labute approximate surface area is 93.0 Å². The van der Waals surface area contributed by atoms with Crippen LogP contribution in [0.3, 0.4) is 0 Å². The van der Waals surface area contributed by atoms with Crippen molar-refractivity contribution in [2.45, 2.75) is 12.2 Å². The predicted molar refractivity (Wildman–Crippen MR) is 53.2 cm³/mol. The van der Waals surface area contributed by atoms with Crippen molar-refractivity contribution in [2.24, 2.45) is 5.73 Å². The first kappa shape index (κ1) is 12.5. The molecule has 0 fully saturated rings. The molecule has 0 aliphatic carbocycles. The van der Waals surface area contributed by atoms with E-state index in [4.69, 9.17) is 10.8 Å². The highest BCUT2D eigenvalue weighted by atomic mass is 79.9. The van der Waals surface area contributed by atoms with Gasteiger partial charge in [-0.25, -0.2) is 0 Å². The van der Waals surface area contributed by atoms with Gasteiger partial charge in [-0.15, -0.1) is 0 Å². The van der Waals surface area contributed by atoms with E-state index in [9.17, 15) is 13.2 Å². The molecule has 0 saturated heterocycles. The molecule has 1 aromatic carbocycles. The van der Waals surface area contributed by atoms with Gasteiger partial charge < -0.3 is 10.8 Å². The first-order valence-corrected chi connectivity index (χ1v) is 4.88. The van der Waals surface area contributed by atoms with Gasteiger partial charge >= 0.3 is 6.18 Å². The number of alkyl halides is 3. The lowest BCUT2D eigenvalue weighted by Crippen LogP contribution is -2.16. The van der Waals surface area contributed by atoms with Gasteiger partial charge in [-0.3, -0.25) is 0 Å². The lowest BCUT2D eigenvalue weighted by Gasteiger charge is -2.14. The van der Waals surface area contributed by atoms with Crippen LogP contribution >= 0.6 is 15.9 Å². The topological polar surface area (TPSA) is 46.2 Å². The van der Waals surface area contributed by atoms with Crippen molar-refractivity contribution in [3.63, 3.8) is 0 Å². The second-order valence-electron chi connectivity index (χ2n) is 3.02. The summed E-state index contributed by atoms with van der Waals surface area (Å²) in [5.74, 6) is 0. The minimum absolute atomic E-state index is 0.243. The highest BCUT2D eigenvalue weighted by Gasteiger charge is 2.31. The third-order valence-corrected chi connectivity index (χ3v) is 2.64. The Morgan fingerprint density at radius 2 is 2.00 bits per heavy atom. The van der Waals surface area contributed by atoms with Crippen LogP contribution in [-0.4, -0.2) is 11.7 Å². The lowest BCUT2D eigenvalue weighted by atomic mass is 10.1. The number of rotatable bonds is 2. The van der Waals surface area contributed by atoms with Crippen LogP contribution in [0.25, 0.3) is 0 Å². The quantitative estimate of drug-likeness (QED) is 0.876. The second kappa shape index (κ2) is 4.51. The van der Waals surface area contributed by atoms with Gasteiger partial charge in [0.25, 0.3) is 0 Å². The Kier molecular flexibility index (Phi) is 3.75. The van der Waals surface area contributed by atoms with Crippen molar-refractivity contribution >= 4 is 15.9 Å². The standard InChI is InChI=1S/C9H9BrF3NO/c10-7-2-1-5(9(11,12)13)3-6(7)8(14)4-15/h1-3,8,15H,4,14H2/t8-/m0/s1. The molecular weight excluding hydrogens is 275 g/mol. The number of aliphatic hydroxyl groups excluding tert-OH is 1. The number of hydrogen-bond acceptors (Lipinski definition) is 2. The zero-order chi connectivity index (χ0) is 11.6. The molecular formula is C9H9BrF3NO. The fourth-order valence-electron chi connectivity index (χ4n) is 1.10. The third-order valence-electron chi connectivity index (χ3n) is 1.92. The summed E-state index contributed by atoms with van der Waals surface area (Å²) in [4.78, 5) is 0. The lowest BCUT2D eigenvalue weighted by molar-refractivity contribution is -0.137. The van der Waals surface area contributed by atoms with Crippen LogP contribution in [0.15, 0.2) is 22.7 Å². The highest BCUT2D eigenvalue weighted by Crippen LogP contribution is 2.33. The molecule has 0 aromatic heterocycles. The fraction of sp³-hybridized carbons (Fsp3) is 0.333. The van der Waals surface area contributed by atoms with E-state index in [1.54, 1.807) is 0 Å². The number of halogens is 4. The van der Waals surface area contributed by atoms with E-state index in [0.29, 0.717) is 4.47 Å². The van der Waals surface area contributed by atoms with Crippen LogP contribution in [0.4, 0.5) is 13.2 Å². The van der Waals surface area contributed by atoms with Gasteiger partial charge in [0.2, 0.25) is 0 Å². The maximum absolute atomic E-state index is 12.3. The third kappa shape index (κ3) is 2.93. The second-order valence-corrected chi connectivity index (χ2v) is 3.88. The molecule has 3 N–H and O–H groups in total. The van der Waals surface area contributed by atoms with Gasteiger partial charge in [0.1, 0.15) is 0 Å². The Morgan fingerprint density at radius 1 is 1.40 bits per heavy atom. The molecule has 1 rings (SSSR count). The van der Waals surface area contributed by atoms with E-state index >= 15 is 0 Å². The van der Waals surface area contributed by atoms with E-state index in [0.717, 1.165) is 12.1 Å². The Bertz CT molecular complexity index is 354. The number of hydrogen-bond donors (Lipinski definition) is 2. The minimum atomic E-state index is -4.40. The van der Waals surface area contributed by atoms with Gasteiger partial charge in [-0.1, -0.05) is 15.9 Å². The Morgan fingerprint density at radius 3 is 2.47 bits per heavy atom. The molecule has 0 heterocycles. The van der Waals surface area contributed by atoms with Crippen LogP contribution < -0.4 is 5.73 Å². The minimum Gasteiger partial charge on any atom is -0.394 e. The Hall–Kier alpha value is -0.590. The molecule has 1 aromatic rings. The molecule has 0 bridgehead atoms. The average molecular weight is 284 g/mol. The predicted octanol–water partition coefficient (Wildman–Crippen LogP) is 2.46. The summed E-state index contributed by atoms with van der Waals surface area (Å²) in [7, 11) is 0. The molecule has 15 heavy (non-hydrogen) atoms. The van der Waals surface area contributed by atoms with Gasteiger partial charge in [0.05, 0.1) is 18.2 Å². The van der Waals surface area contributed by atoms with E-state index in [1.165, 1.54) is 6.07 Å². The largest absolute Gasteiger partial charge is 0.416 e. The van der Waals surface area contributed by atoms with Crippen LogP contribution in [0.5, 0.6) is 0 Å². The number of aliphatic hydroxyl groups is 1. The first-order valence-electron chi connectivity index (χ1n) is 4.09. The van der Waals surface area contributed by atoms with Crippen LogP contribution in [-0.2, 0) is 6.18 Å². The van der Waals surface area contributed by atoms with Crippen LogP contribution in [0, 0.1) is 0 Å². The highest BCUT2D eigenvalue weighted by molar-refractivity contribution is 9.10. The molecule has 0 spiro atoms. The summed E-state index contributed by atoms with van der Waals surface area (Å²) in [5, 5.41) is 8.78. The maximum Gasteiger partial charge on any atom is 0.416 e. The fourth-order valence-corrected chi connectivity index (χ4v) is 1.64. The normalized spacial score (nSPS) is 14.0. The van der Waals surface area contributed by atoms with Crippen molar-refractivity contribution in [2.75, 3.05) is 6.61 Å². The van der Waals surface area contributed by atoms with E-state index in [-0.39, 0.29) is 5.56 Å². The molecule has 0 aliphatic rings. The maximum atomic E-state index is 12.3. The van der Waals surface area contributed by atoms with Gasteiger partial charge in [0.15, 0.2) is 0 Å². The molecule has 0 saturated carbocycles. The molecule has 0 amide bonds. The molecule has 1 atom stereocenters. The Balaban J connectivity index is 3.17. The summed E-state index contributed by atoms with van der Waals surface area (Å²) in [5.41, 5.74) is 4.93. The number of benzene rings is 1. The SMILES string of the molecule is N[C@@H](CO)c1cc(C(F)(F)F)ccc1Br. The van der Waals surface area contributed by atoms with Crippen molar-refractivity contribution < 1.29 is 18.3 Å². The summed E-state index contributed by atoms with van der Waals surface area (Å²) in [6, 6.07) is 2.35. The number of nitrogens with two attached hydrogens (primary N) is 1. The van der Waals surface area contributed by atoms with E-state index < -0.39 is 24.4 Å². The van der Waals surface area contributed by atoms with Crippen molar-refractivity contribution in [3.8, 4) is 0 Å². The molecule has 2 nitrogen and oxygen atoms in total. The molecule has 6 heteroatoms. The summed E-state index contributed by atoms with van der Waals surface area (Å²) < 4.78 is 37.5. The van der Waals surface area contributed by atoms with Crippen molar-refractivity contribution in [1.29, 1.82) is 0 Å². The molecule has 0 radical (unpaired) electrons. The molecule has 84 valence electrons. The van der Waals surface area contributed by atoms with E-state index in [2.05, 4.69) is 15.9 Å². The zero-order valence-electron chi connectivity index (χ0n) is 7.55. The first-order chi connectivity index (χ1) is 6.86. The zero-order valence-corrected chi connectivity index (χ0v) is 9.14. The van der Waals surface area contributed by atoms with Gasteiger partial charge in [-0.2, -0.15) is 13.2 Å². The van der Waals surface area contributed by atoms with Gasteiger partial charge in [-0.05, 0) is 23.8 Å². The summed E-state index contributed by atoms with van der Waals surface area (Å²) >= 11 is 3.08. The van der Waals surface area contributed by atoms with Crippen LogP contribution in [0.1, 0.15) is 17.2 Å². The molecule has 0 aliphatic heterocycles. The monoisotopic (exact) mass is 283 g/mol. The summed E-state index contributed by atoms with van der Waals surface area (Å²) in [6.07, 6.45) is -4.40. The van der Waals surface area contributed by atoms with Crippen LogP contribution in [0.2, 0.25) is 0 Å². The summed E-state index contributed by atoms with van der Waals surface area (Å²) in [6.45, 7) is -0.403. The average Bonchev–Trinajstić information content (AvgIpc) is 2.15.